The van der Waals surface area contributed by atoms with Crippen LogP contribution in [0.4, 0.5) is 0 Å². The molecule has 0 radical (unpaired) electrons. The highest BCUT2D eigenvalue weighted by Crippen LogP contribution is 2.33. The van der Waals surface area contributed by atoms with Gasteiger partial charge in [-0.15, -0.1) is 0 Å². The summed E-state index contributed by atoms with van der Waals surface area (Å²) >= 11 is 0. The van der Waals surface area contributed by atoms with E-state index in [9.17, 15) is 4.79 Å². The van der Waals surface area contributed by atoms with Crippen LogP contribution in [-0.2, 0) is 17.8 Å². The fourth-order valence-electron chi connectivity index (χ4n) is 4.25. The molecule has 1 unspecified atom stereocenters. The number of benzene rings is 2. The van der Waals surface area contributed by atoms with Crippen molar-refractivity contribution in [1.29, 1.82) is 0 Å². The maximum atomic E-state index is 12.6. The van der Waals surface area contributed by atoms with Crippen molar-refractivity contribution in [1.82, 2.24) is 14.5 Å². The van der Waals surface area contributed by atoms with Crippen LogP contribution in [0.15, 0.2) is 48.5 Å². The number of ether oxygens (including phenoxy) is 1. The lowest BCUT2D eigenvalue weighted by Crippen LogP contribution is -2.42. The number of aromatic nitrogens is 2. The van der Waals surface area contributed by atoms with Gasteiger partial charge in [0, 0.05) is 24.4 Å². The molecule has 2 aromatic carbocycles. The third-order valence-corrected chi connectivity index (χ3v) is 5.90. The predicted octanol–water partition coefficient (Wildman–Crippen LogP) is 4.79. The van der Waals surface area contributed by atoms with Gasteiger partial charge in [0.15, 0.2) is 0 Å². The average Bonchev–Trinajstić information content (AvgIpc) is 3.29. The third kappa shape index (κ3) is 4.07. The summed E-state index contributed by atoms with van der Waals surface area (Å²) in [6.45, 7) is 10.4. The molecule has 2 heterocycles. The van der Waals surface area contributed by atoms with E-state index < -0.39 is 0 Å². The Kier molecular flexibility index (Phi) is 5.54. The van der Waals surface area contributed by atoms with Gasteiger partial charge in [0.2, 0.25) is 5.91 Å². The van der Waals surface area contributed by atoms with Gasteiger partial charge in [0.25, 0.3) is 0 Å². The van der Waals surface area contributed by atoms with Gasteiger partial charge in [0.05, 0.1) is 17.6 Å². The number of carbonyl (C=O) groups excluding carboxylic acids is 1. The lowest BCUT2D eigenvalue weighted by Gasteiger charge is -2.32. The lowest BCUT2D eigenvalue weighted by atomic mass is 10.1. The zero-order valence-electron chi connectivity index (χ0n) is 18.4. The van der Waals surface area contributed by atoms with E-state index in [-0.39, 0.29) is 17.4 Å². The Labute approximate surface area is 178 Å². The number of para-hydroxylation sites is 2. The fourth-order valence-corrected chi connectivity index (χ4v) is 4.25. The third-order valence-electron chi connectivity index (χ3n) is 5.90. The smallest absolute Gasteiger partial charge is 0.223 e. The standard InChI is InChI=1S/C25H31N3O2/c1-5-18-10-12-20(13-11-18)30-15-14-27-22-9-7-6-8-21(22)26-24(27)19-16-23(29)28(17-19)25(2,3)4/h6-13,19H,5,14-17H2,1-4H3. The van der Waals surface area contributed by atoms with Crippen LogP contribution < -0.4 is 4.74 Å². The van der Waals surface area contributed by atoms with Crippen molar-refractivity contribution < 1.29 is 9.53 Å². The number of carbonyl (C=O) groups is 1. The SMILES string of the molecule is CCc1ccc(OCCn2c(C3CC(=O)N(C(C)(C)C)C3)nc3ccccc32)cc1. The molecule has 158 valence electrons. The summed E-state index contributed by atoms with van der Waals surface area (Å²) in [7, 11) is 0. The molecule has 5 nitrogen and oxygen atoms in total. The number of imidazole rings is 1. The van der Waals surface area contributed by atoms with Gasteiger partial charge in [-0.2, -0.15) is 0 Å². The molecule has 30 heavy (non-hydrogen) atoms. The Morgan fingerprint density at radius 1 is 1.10 bits per heavy atom. The topological polar surface area (TPSA) is 47.4 Å². The molecule has 1 aromatic heterocycles. The predicted molar refractivity (Wildman–Crippen MR) is 120 cm³/mol. The zero-order chi connectivity index (χ0) is 21.3. The molecule has 0 N–H and O–H groups in total. The van der Waals surface area contributed by atoms with Crippen LogP contribution in [-0.4, -0.2) is 39.0 Å². The van der Waals surface area contributed by atoms with Gasteiger partial charge in [-0.1, -0.05) is 31.2 Å². The molecule has 0 bridgehead atoms. The minimum atomic E-state index is -0.170. The van der Waals surface area contributed by atoms with E-state index in [0.29, 0.717) is 26.1 Å². The van der Waals surface area contributed by atoms with Gasteiger partial charge in [-0.3, -0.25) is 4.79 Å². The maximum Gasteiger partial charge on any atom is 0.223 e. The van der Waals surface area contributed by atoms with Crippen molar-refractivity contribution >= 4 is 16.9 Å². The highest BCUT2D eigenvalue weighted by molar-refractivity contribution is 5.81. The van der Waals surface area contributed by atoms with E-state index in [1.54, 1.807) is 0 Å². The van der Waals surface area contributed by atoms with Crippen LogP contribution in [0.2, 0.25) is 0 Å². The average molecular weight is 406 g/mol. The van der Waals surface area contributed by atoms with Gasteiger partial charge < -0.3 is 14.2 Å². The number of fused-ring (bicyclic) bond motifs is 1. The van der Waals surface area contributed by atoms with Crippen molar-refractivity contribution in [2.45, 2.75) is 58.5 Å². The molecule has 4 rings (SSSR count). The van der Waals surface area contributed by atoms with Crippen LogP contribution in [0.3, 0.4) is 0 Å². The van der Waals surface area contributed by atoms with Crippen molar-refractivity contribution in [3.8, 4) is 5.75 Å². The highest BCUT2D eigenvalue weighted by Gasteiger charge is 2.38. The first-order valence-corrected chi connectivity index (χ1v) is 10.8. The summed E-state index contributed by atoms with van der Waals surface area (Å²) in [5.74, 6) is 2.18. The molecule has 1 saturated heterocycles. The van der Waals surface area contributed by atoms with E-state index in [0.717, 1.165) is 29.0 Å². The largest absolute Gasteiger partial charge is 0.492 e. The quantitative estimate of drug-likeness (QED) is 0.592. The van der Waals surface area contributed by atoms with E-state index >= 15 is 0 Å². The summed E-state index contributed by atoms with van der Waals surface area (Å²) in [5, 5.41) is 0. The minimum absolute atomic E-state index is 0.105. The summed E-state index contributed by atoms with van der Waals surface area (Å²) in [6.07, 6.45) is 1.54. The van der Waals surface area contributed by atoms with Crippen molar-refractivity contribution in [2.75, 3.05) is 13.2 Å². The van der Waals surface area contributed by atoms with Crippen LogP contribution in [0, 0.1) is 0 Å². The molecule has 1 aliphatic heterocycles. The van der Waals surface area contributed by atoms with Gasteiger partial charge >= 0.3 is 0 Å². The molecule has 0 spiro atoms. The number of rotatable bonds is 6. The first-order valence-electron chi connectivity index (χ1n) is 10.8. The molecule has 1 aliphatic rings. The monoisotopic (exact) mass is 405 g/mol. The first-order chi connectivity index (χ1) is 14.4. The Bertz CT molecular complexity index is 1030. The van der Waals surface area contributed by atoms with E-state index in [4.69, 9.17) is 9.72 Å². The molecule has 3 aromatic rings. The number of likely N-dealkylation sites (tertiary alicyclic amines) is 1. The van der Waals surface area contributed by atoms with Crippen LogP contribution >= 0.6 is 0 Å². The van der Waals surface area contributed by atoms with E-state index in [1.165, 1.54) is 5.56 Å². The number of nitrogens with zero attached hydrogens (tertiary/aromatic N) is 3. The van der Waals surface area contributed by atoms with Gasteiger partial charge in [0.1, 0.15) is 18.2 Å². The zero-order valence-corrected chi connectivity index (χ0v) is 18.4. The molecule has 1 amide bonds. The lowest BCUT2D eigenvalue weighted by molar-refractivity contribution is -0.131. The molecular formula is C25H31N3O2. The number of aryl methyl sites for hydroxylation is 1. The summed E-state index contributed by atoms with van der Waals surface area (Å²) in [5.41, 5.74) is 3.20. The fraction of sp³-hybridized carbons (Fsp3) is 0.440. The van der Waals surface area contributed by atoms with E-state index in [2.05, 4.69) is 50.5 Å². The summed E-state index contributed by atoms with van der Waals surface area (Å²) < 4.78 is 8.25. The second-order valence-electron chi connectivity index (χ2n) is 9.03. The summed E-state index contributed by atoms with van der Waals surface area (Å²) in [6, 6.07) is 16.5. The van der Waals surface area contributed by atoms with Crippen LogP contribution in [0.1, 0.15) is 51.4 Å². The summed E-state index contributed by atoms with van der Waals surface area (Å²) in [4.78, 5) is 19.5. The van der Waals surface area contributed by atoms with Gasteiger partial charge in [-0.05, 0) is 57.0 Å². The molecule has 0 aliphatic carbocycles. The van der Waals surface area contributed by atoms with Crippen LogP contribution in [0.25, 0.3) is 11.0 Å². The Morgan fingerprint density at radius 2 is 1.83 bits per heavy atom. The van der Waals surface area contributed by atoms with Crippen molar-refractivity contribution in [3.63, 3.8) is 0 Å². The second kappa shape index (κ2) is 8.13. The first kappa shape index (κ1) is 20.5. The Morgan fingerprint density at radius 3 is 2.50 bits per heavy atom. The maximum absolute atomic E-state index is 12.6. The Hall–Kier alpha value is -2.82. The van der Waals surface area contributed by atoms with Crippen molar-refractivity contribution in [2.24, 2.45) is 0 Å². The van der Waals surface area contributed by atoms with Crippen molar-refractivity contribution in [3.05, 3.63) is 59.9 Å². The van der Waals surface area contributed by atoms with Gasteiger partial charge in [-0.25, -0.2) is 4.98 Å². The molecular weight excluding hydrogens is 374 g/mol. The Balaban J connectivity index is 1.55. The molecule has 1 fully saturated rings. The van der Waals surface area contributed by atoms with E-state index in [1.807, 2.05) is 35.2 Å². The normalized spacial score (nSPS) is 17.1. The molecule has 0 saturated carbocycles. The number of amides is 1. The molecule has 1 atom stereocenters. The highest BCUT2D eigenvalue weighted by atomic mass is 16.5. The number of hydrogen-bond acceptors (Lipinski definition) is 3. The van der Waals surface area contributed by atoms with Crippen LogP contribution in [0.5, 0.6) is 5.75 Å². The minimum Gasteiger partial charge on any atom is -0.492 e. The number of hydrogen-bond donors (Lipinski definition) is 0. The molecule has 5 heteroatoms. The second-order valence-corrected chi connectivity index (χ2v) is 9.03.